The van der Waals surface area contributed by atoms with Gasteiger partial charge in [-0.05, 0) is 46.5 Å². The van der Waals surface area contributed by atoms with E-state index in [1.807, 2.05) is 25.7 Å². The van der Waals surface area contributed by atoms with Crippen LogP contribution in [0.15, 0.2) is 12.2 Å². The number of ether oxygens (including phenoxy) is 2. The van der Waals surface area contributed by atoms with Crippen LogP contribution in [0.1, 0.15) is 66.2 Å². The minimum atomic E-state index is -0.425. The summed E-state index contributed by atoms with van der Waals surface area (Å²) in [5, 5.41) is 0. The molecule has 4 nitrogen and oxygen atoms in total. The summed E-state index contributed by atoms with van der Waals surface area (Å²) in [5.74, 6) is 0. The van der Waals surface area contributed by atoms with Crippen molar-refractivity contribution in [3.63, 3.8) is 0 Å². The smallest absolute Gasteiger partial charge is 0.410 e. The van der Waals surface area contributed by atoms with Gasteiger partial charge in [0, 0.05) is 25.1 Å². The Bertz CT molecular complexity index is 417. The maximum Gasteiger partial charge on any atom is 0.410 e. The van der Waals surface area contributed by atoms with Crippen LogP contribution in [-0.4, -0.2) is 42.4 Å². The van der Waals surface area contributed by atoms with Gasteiger partial charge in [-0.25, -0.2) is 4.79 Å². The molecule has 4 heteroatoms. The summed E-state index contributed by atoms with van der Waals surface area (Å²) in [5.41, 5.74) is -0.225. The number of nitrogens with zero attached hydrogens (tertiary/aromatic N) is 1. The van der Waals surface area contributed by atoms with Gasteiger partial charge in [0.2, 0.25) is 0 Å². The molecule has 1 unspecified atom stereocenters. The number of likely N-dealkylation sites (tertiary alicyclic amines) is 1. The first-order valence-corrected chi connectivity index (χ1v) is 9.12. The molecule has 0 aromatic rings. The molecule has 0 saturated carbocycles. The Morgan fingerprint density at radius 2 is 1.96 bits per heavy atom. The maximum absolute atomic E-state index is 12.2. The minimum Gasteiger partial charge on any atom is -0.444 e. The first kappa shape index (κ1) is 18.3. The number of hydrogen-bond acceptors (Lipinski definition) is 3. The van der Waals surface area contributed by atoms with Gasteiger partial charge < -0.3 is 14.4 Å². The molecular formula is C19H33NO3. The predicted molar refractivity (Wildman–Crippen MR) is 92.5 cm³/mol. The van der Waals surface area contributed by atoms with Gasteiger partial charge in [0.15, 0.2) is 0 Å². The van der Waals surface area contributed by atoms with Crippen molar-refractivity contribution in [1.29, 1.82) is 0 Å². The molecule has 1 amide bonds. The summed E-state index contributed by atoms with van der Waals surface area (Å²) in [7, 11) is 0. The van der Waals surface area contributed by atoms with Gasteiger partial charge in [0.05, 0.1) is 6.10 Å². The Labute approximate surface area is 141 Å². The molecule has 1 heterocycles. The van der Waals surface area contributed by atoms with Crippen molar-refractivity contribution < 1.29 is 14.3 Å². The maximum atomic E-state index is 12.2. The van der Waals surface area contributed by atoms with E-state index in [9.17, 15) is 4.79 Å². The summed E-state index contributed by atoms with van der Waals surface area (Å²) < 4.78 is 11.6. The summed E-state index contributed by atoms with van der Waals surface area (Å²) in [6.07, 6.45) is 11.2. The van der Waals surface area contributed by atoms with Crippen molar-refractivity contribution in [3.8, 4) is 0 Å². The van der Waals surface area contributed by atoms with Crippen molar-refractivity contribution in [2.24, 2.45) is 5.41 Å². The summed E-state index contributed by atoms with van der Waals surface area (Å²) in [6, 6.07) is 0. The first-order valence-electron chi connectivity index (χ1n) is 9.12. The quantitative estimate of drug-likeness (QED) is 0.551. The van der Waals surface area contributed by atoms with Crippen molar-refractivity contribution in [2.45, 2.75) is 77.9 Å². The van der Waals surface area contributed by atoms with E-state index in [4.69, 9.17) is 9.47 Å². The molecular weight excluding hydrogens is 290 g/mol. The van der Waals surface area contributed by atoms with Crippen LogP contribution in [0.2, 0.25) is 0 Å². The van der Waals surface area contributed by atoms with Gasteiger partial charge in [-0.2, -0.15) is 0 Å². The summed E-state index contributed by atoms with van der Waals surface area (Å²) in [6.45, 7) is 10.3. The number of piperidine rings is 1. The van der Waals surface area contributed by atoms with Gasteiger partial charge >= 0.3 is 6.09 Å². The zero-order chi connectivity index (χ0) is 16.9. The topological polar surface area (TPSA) is 38.8 Å². The van der Waals surface area contributed by atoms with Gasteiger partial charge in [-0.15, -0.1) is 0 Å². The number of allylic oxidation sites excluding steroid dienone is 1. The van der Waals surface area contributed by atoms with Crippen LogP contribution in [0.25, 0.3) is 0 Å². The Hall–Kier alpha value is -1.03. The SMILES string of the molecule is CCCCCOC1C=CCC12CCN(C(=O)OC(C)(C)C)CC2. The largest absolute Gasteiger partial charge is 0.444 e. The molecule has 1 saturated heterocycles. The van der Waals surface area contributed by atoms with E-state index in [0.29, 0.717) is 0 Å². The lowest BCUT2D eigenvalue weighted by Gasteiger charge is -2.43. The molecule has 0 aromatic carbocycles. The molecule has 1 spiro atoms. The van der Waals surface area contributed by atoms with Crippen LogP contribution in [0.3, 0.4) is 0 Å². The third-order valence-corrected chi connectivity index (χ3v) is 4.90. The number of amides is 1. The monoisotopic (exact) mass is 323 g/mol. The fourth-order valence-corrected chi connectivity index (χ4v) is 3.49. The predicted octanol–water partition coefficient (Wildman–Crippen LogP) is 4.54. The van der Waals surface area contributed by atoms with Gasteiger partial charge in [-0.1, -0.05) is 31.9 Å². The minimum absolute atomic E-state index is 0.182. The van der Waals surface area contributed by atoms with Crippen molar-refractivity contribution in [3.05, 3.63) is 12.2 Å². The molecule has 0 aromatic heterocycles. The lowest BCUT2D eigenvalue weighted by atomic mass is 9.74. The van der Waals surface area contributed by atoms with Crippen LogP contribution >= 0.6 is 0 Å². The van der Waals surface area contributed by atoms with Gasteiger partial charge in [0.25, 0.3) is 0 Å². The van der Waals surface area contributed by atoms with Crippen molar-refractivity contribution in [2.75, 3.05) is 19.7 Å². The molecule has 2 rings (SSSR count). The Morgan fingerprint density at radius 3 is 2.57 bits per heavy atom. The molecule has 23 heavy (non-hydrogen) atoms. The highest BCUT2D eigenvalue weighted by Crippen LogP contribution is 2.44. The fourth-order valence-electron chi connectivity index (χ4n) is 3.49. The number of rotatable bonds is 5. The van der Waals surface area contributed by atoms with Crippen molar-refractivity contribution in [1.82, 2.24) is 4.90 Å². The van der Waals surface area contributed by atoms with E-state index in [1.54, 1.807) is 0 Å². The number of unbranched alkanes of at least 4 members (excludes halogenated alkanes) is 2. The second-order valence-corrected chi connectivity index (χ2v) is 7.96. The summed E-state index contributed by atoms with van der Waals surface area (Å²) in [4.78, 5) is 14.0. The first-order chi connectivity index (χ1) is 10.9. The van der Waals surface area contributed by atoms with E-state index < -0.39 is 5.60 Å². The molecule has 0 bridgehead atoms. The summed E-state index contributed by atoms with van der Waals surface area (Å²) >= 11 is 0. The Kier molecular flexibility index (Phi) is 6.12. The number of carbonyl (C=O) groups excluding carboxylic acids is 1. The molecule has 0 N–H and O–H groups in total. The van der Waals surface area contributed by atoms with E-state index in [2.05, 4.69) is 19.1 Å². The van der Waals surface area contributed by atoms with Crippen molar-refractivity contribution >= 4 is 6.09 Å². The normalized spacial score (nSPS) is 23.5. The van der Waals surface area contributed by atoms with Crippen LogP contribution < -0.4 is 0 Å². The van der Waals surface area contributed by atoms with Crippen LogP contribution in [0.4, 0.5) is 4.79 Å². The Morgan fingerprint density at radius 1 is 1.26 bits per heavy atom. The molecule has 0 radical (unpaired) electrons. The standard InChI is InChI=1S/C19H33NO3/c1-5-6-7-15-22-16-9-8-10-19(16)11-13-20(14-12-19)17(21)23-18(2,3)4/h8-9,16H,5-7,10-15H2,1-4H3. The number of carbonyl (C=O) groups is 1. The second-order valence-electron chi connectivity index (χ2n) is 7.96. The van der Waals surface area contributed by atoms with Crippen LogP contribution in [-0.2, 0) is 9.47 Å². The van der Waals surface area contributed by atoms with E-state index in [0.717, 1.165) is 45.4 Å². The zero-order valence-electron chi connectivity index (χ0n) is 15.3. The molecule has 1 fully saturated rings. The highest BCUT2D eigenvalue weighted by Gasteiger charge is 2.44. The van der Waals surface area contributed by atoms with Gasteiger partial charge in [0.1, 0.15) is 5.60 Å². The van der Waals surface area contributed by atoms with E-state index >= 15 is 0 Å². The molecule has 2 aliphatic rings. The third kappa shape index (κ3) is 4.97. The lowest BCUT2D eigenvalue weighted by molar-refractivity contribution is -0.0414. The molecule has 1 aliphatic carbocycles. The highest BCUT2D eigenvalue weighted by molar-refractivity contribution is 5.68. The number of hydrogen-bond donors (Lipinski definition) is 0. The van der Waals surface area contributed by atoms with E-state index in [1.165, 1.54) is 12.8 Å². The average molecular weight is 323 g/mol. The second kappa shape index (κ2) is 7.69. The van der Waals surface area contributed by atoms with E-state index in [-0.39, 0.29) is 17.6 Å². The van der Waals surface area contributed by atoms with Gasteiger partial charge in [-0.3, -0.25) is 0 Å². The zero-order valence-corrected chi connectivity index (χ0v) is 15.3. The molecule has 1 atom stereocenters. The average Bonchev–Trinajstić information content (AvgIpc) is 2.85. The van der Waals surface area contributed by atoms with Crippen LogP contribution in [0.5, 0.6) is 0 Å². The third-order valence-electron chi connectivity index (χ3n) is 4.90. The highest BCUT2D eigenvalue weighted by atomic mass is 16.6. The fraction of sp³-hybridized carbons (Fsp3) is 0.842. The Balaban J connectivity index is 1.83. The van der Waals surface area contributed by atoms with Crippen LogP contribution in [0, 0.1) is 5.41 Å². The lowest BCUT2D eigenvalue weighted by Crippen LogP contribution is -2.48. The molecule has 132 valence electrons. The molecule has 1 aliphatic heterocycles.